The van der Waals surface area contributed by atoms with Gasteiger partial charge in [0.2, 0.25) is 0 Å². The van der Waals surface area contributed by atoms with Gasteiger partial charge in [-0.3, -0.25) is 0 Å². The second-order valence-corrected chi connectivity index (χ2v) is 9.66. The number of halogens is 1. The Bertz CT molecular complexity index is 989. The van der Waals surface area contributed by atoms with E-state index in [4.69, 9.17) is 25.8 Å². The smallest absolute Gasteiger partial charge is 0.167 e. The number of rotatable bonds is 2. The Hall–Kier alpha value is -1.74. The number of benzene rings is 1. The highest BCUT2D eigenvalue weighted by Gasteiger charge is 2.82. The Morgan fingerprint density at radius 1 is 1.32 bits per heavy atom. The molecule has 2 spiro atoms. The number of likely N-dealkylation sites (tertiary alicyclic amines) is 1. The molecule has 6 atom stereocenters. The molecule has 2 aliphatic heterocycles. The van der Waals surface area contributed by atoms with Crippen molar-refractivity contribution in [1.29, 1.82) is 5.26 Å². The Morgan fingerprint density at radius 2 is 2.14 bits per heavy atom. The monoisotopic (exact) mass is 398 g/mol. The lowest BCUT2D eigenvalue weighted by Gasteiger charge is -2.71. The van der Waals surface area contributed by atoms with E-state index in [0.717, 1.165) is 30.9 Å². The maximum Gasteiger partial charge on any atom is 0.167 e. The van der Waals surface area contributed by atoms with Gasteiger partial charge in [-0.1, -0.05) is 23.7 Å². The minimum Gasteiger partial charge on any atom is -0.493 e. The SMILES string of the molecule is COc1ccc2c3c1O[C@H]1[C@@]4(OC)C=C[C@@]5(C[C@@]4(Cl)C#N)[C@@H](C2)N(C)CC[C@]315. The summed E-state index contributed by atoms with van der Waals surface area (Å²) in [6.07, 6.45) is 6.43. The van der Waals surface area contributed by atoms with Gasteiger partial charge in [-0.05, 0) is 50.6 Å². The first-order valence-electron chi connectivity index (χ1n) is 9.86. The quantitative estimate of drug-likeness (QED) is 0.566. The molecule has 1 saturated heterocycles. The number of hydrogen-bond donors (Lipinski definition) is 0. The number of piperidine rings is 1. The lowest BCUT2D eigenvalue weighted by atomic mass is 9.37. The van der Waals surface area contributed by atoms with Crippen molar-refractivity contribution in [1.82, 2.24) is 4.90 Å². The Balaban J connectivity index is 1.75. The highest BCUT2D eigenvalue weighted by Crippen LogP contribution is 2.76. The third-order valence-electron chi connectivity index (χ3n) is 8.47. The summed E-state index contributed by atoms with van der Waals surface area (Å²) in [6, 6.07) is 6.88. The lowest BCUT2D eigenvalue weighted by Crippen LogP contribution is -2.82. The summed E-state index contributed by atoms with van der Waals surface area (Å²) in [4.78, 5) is 1.27. The third-order valence-corrected chi connectivity index (χ3v) is 8.99. The predicted octanol–water partition coefficient (Wildman–Crippen LogP) is 2.80. The van der Waals surface area contributed by atoms with E-state index in [2.05, 4.69) is 30.2 Å². The van der Waals surface area contributed by atoms with Gasteiger partial charge in [0.25, 0.3) is 0 Å². The zero-order valence-corrected chi connectivity index (χ0v) is 17.0. The van der Waals surface area contributed by atoms with Crippen LogP contribution < -0.4 is 9.47 Å². The molecule has 1 aromatic carbocycles. The van der Waals surface area contributed by atoms with Crippen molar-refractivity contribution in [3.8, 4) is 17.6 Å². The van der Waals surface area contributed by atoms with Crippen LogP contribution in [0.3, 0.4) is 0 Å². The van der Waals surface area contributed by atoms with Gasteiger partial charge in [0.1, 0.15) is 6.10 Å². The third kappa shape index (κ3) is 1.42. The molecule has 6 heteroatoms. The molecule has 0 radical (unpaired) electrons. The molecule has 6 aliphatic rings. The van der Waals surface area contributed by atoms with Gasteiger partial charge in [0, 0.05) is 24.1 Å². The molecule has 2 heterocycles. The van der Waals surface area contributed by atoms with Crippen molar-refractivity contribution in [3.63, 3.8) is 0 Å². The minimum atomic E-state index is -1.17. The van der Waals surface area contributed by atoms with E-state index in [1.807, 2.05) is 12.1 Å². The summed E-state index contributed by atoms with van der Waals surface area (Å²) in [5, 5.41) is 10.2. The molecule has 1 aromatic rings. The molecule has 0 N–H and O–H groups in total. The van der Waals surface area contributed by atoms with Gasteiger partial charge in [-0.15, -0.1) is 0 Å². The highest BCUT2D eigenvalue weighted by atomic mass is 35.5. The van der Waals surface area contributed by atoms with E-state index in [0.29, 0.717) is 6.42 Å². The lowest BCUT2D eigenvalue weighted by molar-refractivity contribution is -0.195. The number of hydrogen-bond acceptors (Lipinski definition) is 5. The Morgan fingerprint density at radius 3 is 2.86 bits per heavy atom. The molecule has 146 valence electrons. The molecule has 5 nitrogen and oxygen atoms in total. The summed E-state index contributed by atoms with van der Waals surface area (Å²) in [7, 11) is 5.51. The fourth-order valence-corrected chi connectivity index (χ4v) is 7.81. The van der Waals surface area contributed by atoms with Gasteiger partial charge in [-0.2, -0.15) is 5.26 Å². The van der Waals surface area contributed by atoms with Crippen LogP contribution in [-0.2, 0) is 16.6 Å². The predicted molar refractivity (Wildman–Crippen MR) is 104 cm³/mol. The molecule has 0 unspecified atom stereocenters. The number of fused-ring (bicyclic) bond motifs is 1. The number of ether oxygens (including phenoxy) is 3. The van der Waals surface area contributed by atoms with E-state index >= 15 is 0 Å². The van der Waals surface area contributed by atoms with E-state index in [1.54, 1.807) is 14.2 Å². The average molecular weight is 399 g/mol. The first kappa shape index (κ1) is 17.1. The summed E-state index contributed by atoms with van der Waals surface area (Å²) < 4.78 is 18.5. The molecule has 1 saturated carbocycles. The van der Waals surface area contributed by atoms with Crippen LogP contribution in [0.25, 0.3) is 0 Å². The van der Waals surface area contributed by atoms with E-state index in [-0.39, 0.29) is 23.0 Å². The molecule has 4 aliphatic carbocycles. The minimum absolute atomic E-state index is 0.248. The zero-order chi connectivity index (χ0) is 19.5. The topological polar surface area (TPSA) is 54.7 Å². The van der Waals surface area contributed by atoms with Gasteiger partial charge < -0.3 is 19.1 Å². The van der Waals surface area contributed by atoms with Crippen LogP contribution >= 0.6 is 11.6 Å². The van der Waals surface area contributed by atoms with Crippen molar-refractivity contribution in [2.75, 3.05) is 27.8 Å². The molecule has 7 rings (SSSR count). The standard InChI is InChI=1S/C22H23ClN2O3/c1-25-9-8-21-16-13-4-5-14(26-2)17(16)28-18(21)22(27-3)7-6-19(21,15(25)10-13)11-20(22,23)12-24/h4-7,15,18H,8-11H2,1-3H3/t15-,18-,19-,20-,21+,22+/m1/s1. The van der Waals surface area contributed by atoms with Crippen molar-refractivity contribution in [2.45, 2.75) is 47.3 Å². The van der Waals surface area contributed by atoms with Crippen LogP contribution in [0.5, 0.6) is 11.5 Å². The largest absolute Gasteiger partial charge is 0.493 e. The first-order valence-corrected chi connectivity index (χ1v) is 10.2. The molecule has 0 aromatic heterocycles. The number of alkyl halides is 1. The van der Waals surface area contributed by atoms with Crippen LogP contribution in [0.2, 0.25) is 0 Å². The molecular formula is C22H23ClN2O3. The van der Waals surface area contributed by atoms with E-state index in [9.17, 15) is 5.26 Å². The van der Waals surface area contributed by atoms with Crippen LogP contribution in [0.4, 0.5) is 0 Å². The Kier molecular flexibility index (Phi) is 2.98. The van der Waals surface area contributed by atoms with Gasteiger partial charge in [-0.25, -0.2) is 0 Å². The summed E-state index contributed by atoms with van der Waals surface area (Å²) in [5.74, 6) is 1.57. The maximum absolute atomic E-state index is 10.2. The number of nitrogens with zero attached hydrogens (tertiary/aromatic N) is 2. The van der Waals surface area contributed by atoms with Gasteiger partial charge in [0.05, 0.1) is 18.6 Å². The molecule has 4 bridgehead atoms. The fourth-order valence-electron chi connectivity index (χ4n) is 7.35. The Labute approximate surface area is 169 Å². The first-order chi connectivity index (χ1) is 13.4. The molecule has 0 amide bonds. The molecular weight excluding hydrogens is 376 g/mol. The van der Waals surface area contributed by atoms with E-state index < -0.39 is 10.5 Å². The molecule has 2 fully saturated rings. The van der Waals surface area contributed by atoms with Gasteiger partial charge >= 0.3 is 0 Å². The van der Waals surface area contributed by atoms with Crippen LogP contribution in [0.15, 0.2) is 24.3 Å². The second kappa shape index (κ2) is 4.87. The zero-order valence-electron chi connectivity index (χ0n) is 16.3. The van der Waals surface area contributed by atoms with E-state index in [1.165, 1.54) is 11.1 Å². The summed E-state index contributed by atoms with van der Waals surface area (Å²) in [6.45, 7) is 0.984. The second-order valence-electron chi connectivity index (χ2n) is 9.01. The van der Waals surface area contributed by atoms with Crippen molar-refractivity contribution >= 4 is 11.6 Å². The van der Waals surface area contributed by atoms with Crippen LogP contribution in [0, 0.1) is 16.7 Å². The number of methoxy groups -OCH3 is 2. The van der Waals surface area contributed by atoms with Crippen molar-refractivity contribution in [2.24, 2.45) is 5.41 Å². The average Bonchev–Trinajstić information content (AvgIpc) is 3.07. The molecule has 28 heavy (non-hydrogen) atoms. The van der Waals surface area contributed by atoms with Crippen LogP contribution in [-0.4, -0.2) is 55.3 Å². The maximum atomic E-state index is 10.2. The number of nitriles is 1. The number of likely N-dealkylation sites (N-methyl/N-ethyl adjacent to an activating group) is 1. The van der Waals surface area contributed by atoms with Gasteiger partial charge in [0.15, 0.2) is 22.0 Å². The van der Waals surface area contributed by atoms with Crippen LogP contribution in [0.1, 0.15) is 24.0 Å². The summed E-state index contributed by atoms with van der Waals surface area (Å²) in [5.41, 5.74) is 1.09. The normalized spacial score (nSPS) is 46.7. The summed E-state index contributed by atoms with van der Waals surface area (Å²) >= 11 is 7.07. The van der Waals surface area contributed by atoms with Crippen molar-refractivity contribution < 1.29 is 14.2 Å². The van der Waals surface area contributed by atoms with Crippen molar-refractivity contribution in [3.05, 3.63) is 35.4 Å². The fraction of sp³-hybridized carbons (Fsp3) is 0.591. The highest BCUT2D eigenvalue weighted by molar-refractivity contribution is 6.27.